The average Bonchev–Trinajstić information content (AvgIpc) is 2.46. The van der Waals surface area contributed by atoms with Gasteiger partial charge in [-0.05, 0) is 32.1 Å². The molecule has 0 radical (unpaired) electrons. The molecule has 2 atom stereocenters. The minimum absolute atomic E-state index is 0.0870. The molecule has 0 saturated heterocycles. The summed E-state index contributed by atoms with van der Waals surface area (Å²) in [7, 11) is 0. The van der Waals surface area contributed by atoms with Crippen LogP contribution in [0.15, 0.2) is 0 Å². The molecular weight excluding hydrogens is 281 g/mol. The van der Waals surface area contributed by atoms with Crippen molar-refractivity contribution in [1.29, 1.82) is 0 Å². The van der Waals surface area contributed by atoms with E-state index in [1.807, 2.05) is 0 Å². The Labute approximate surface area is 124 Å². The van der Waals surface area contributed by atoms with Crippen LogP contribution in [0.2, 0.25) is 0 Å². The van der Waals surface area contributed by atoms with Crippen molar-refractivity contribution in [3.05, 3.63) is 0 Å². The molecule has 2 aliphatic carbocycles. The SMILES string of the molecule is O=C(CNC1CCCC(C(F)(F)F)C1)NC1CCCCC1. The fourth-order valence-electron chi connectivity index (χ4n) is 3.44. The number of hydrogen-bond donors (Lipinski definition) is 2. The summed E-state index contributed by atoms with van der Waals surface area (Å²) < 4.78 is 38.1. The molecule has 0 spiro atoms. The monoisotopic (exact) mass is 306 g/mol. The summed E-state index contributed by atoms with van der Waals surface area (Å²) >= 11 is 0. The summed E-state index contributed by atoms with van der Waals surface area (Å²) in [5, 5.41) is 5.98. The number of amides is 1. The normalized spacial score (nSPS) is 28.3. The first-order valence-electron chi connectivity index (χ1n) is 8.04. The van der Waals surface area contributed by atoms with E-state index in [9.17, 15) is 18.0 Å². The number of carbonyl (C=O) groups is 1. The molecule has 0 aromatic rings. The second-order valence-corrected chi connectivity index (χ2v) is 6.39. The van der Waals surface area contributed by atoms with Crippen LogP contribution in [0.3, 0.4) is 0 Å². The molecule has 0 aromatic carbocycles. The van der Waals surface area contributed by atoms with E-state index in [0.29, 0.717) is 6.42 Å². The summed E-state index contributed by atoms with van der Waals surface area (Å²) in [6.45, 7) is 0.131. The van der Waals surface area contributed by atoms with E-state index in [-0.39, 0.29) is 37.4 Å². The molecule has 21 heavy (non-hydrogen) atoms. The molecule has 2 saturated carbocycles. The Morgan fingerprint density at radius 3 is 2.29 bits per heavy atom. The van der Waals surface area contributed by atoms with Crippen LogP contribution in [0, 0.1) is 5.92 Å². The van der Waals surface area contributed by atoms with Gasteiger partial charge in [0.15, 0.2) is 0 Å². The zero-order chi connectivity index (χ0) is 15.3. The Hall–Kier alpha value is -0.780. The first-order chi connectivity index (χ1) is 9.95. The minimum atomic E-state index is -4.11. The van der Waals surface area contributed by atoms with Crippen LogP contribution in [-0.2, 0) is 4.79 Å². The predicted octanol–water partition coefficient (Wildman–Crippen LogP) is 3.15. The van der Waals surface area contributed by atoms with Gasteiger partial charge in [-0.15, -0.1) is 0 Å². The van der Waals surface area contributed by atoms with Gasteiger partial charge in [-0.2, -0.15) is 13.2 Å². The van der Waals surface area contributed by atoms with Crippen molar-refractivity contribution in [3.63, 3.8) is 0 Å². The average molecular weight is 306 g/mol. The van der Waals surface area contributed by atoms with Crippen LogP contribution in [0.5, 0.6) is 0 Å². The maximum Gasteiger partial charge on any atom is 0.391 e. The van der Waals surface area contributed by atoms with Gasteiger partial charge in [-0.1, -0.05) is 25.7 Å². The highest BCUT2D eigenvalue weighted by atomic mass is 19.4. The van der Waals surface area contributed by atoms with Crippen molar-refractivity contribution in [2.45, 2.75) is 76.0 Å². The summed E-state index contributed by atoms with van der Waals surface area (Å²) in [5.74, 6) is -1.30. The molecule has 0 bridgehead atoms. The Bertz CT molecular complexity index is 340. The number of nitrogens with one attached hydrogen (secondary N) is 2. The van der Waals surface area contributed by atoms with E-state index in [4.69, 9.17) is 0 Å². The number of hydrogen-bond acceptors (Lipinski definition) is 2. The van der Waals surface area contributed by atoms with E-state index >= 15 is 0 Å². The Balaban J connectivity index is 1.68. The summed E-state index contributed by atoms with van der Waals surface area (Å²) in [6.07, 6.45) is 3.07. The number of rotatable bonds is 4. The van der Waals surface area contributed by atoms with E-state index in [1.54, 1.807) is 0 Å². The number of alkyl halides is 3. The van der Waals surface area contributed by atoms with Gasteiger partial charge >= 0.3 is 6.18 Å². The highest BCUT2D eigenvalue weighted by Crippen LogP contribution is 2.37. The lowest BCUT2D eigenvalue weighted by molar-refractivity contribution is -0.183. The lowest BCUT2D eigenvalue weighted by Crippen LogP contribution is -2.45. The lowest BCUT2D eigenvalue weighted by atomic mass is 9.85. The van der Waals surface area contributed by atoms with Crippen molar-refractivity contribution in [2.24, 2.45) is 5.92 Å². The van der Waals surface area contributed by atoms with Gasteiger partial charge in [0.05, 0.1) is 12.5 Å². The maximum atomic E-state index is 12.7. The first kappa shape index (κ1) is 16.6. The van der Waals surface area contributed by atoms with Crippen molar-refractivity contribution in [2.75, 3.05) is 6.54 Å². The molecule has 2 unspecified atom stereocenters. The summed E-state index contributed by atoms with van der Waals surface area (Å²) in [5.41, 5.74) is 0. The molecule has 0 aliphatic heterocycles. The van der Waals surface area contributed by atoms with Crippen LogP contribution in [0.4, 0.5) is 13.2 Å². The topological polar surface area (TPSA) is 41.1 Å². The highest BCUT2D eigenvalue weighted by molar-refractivity contribution is 5.78. The van der Waals surface area contributed by atoms with Crippen molar-refractivity contribution in [3.8, 4) is 0 Å². The Morgan fingerprint density at radius 2 is 1.62 bits per heavy atom. The first-order valence-corrected chi connectivity index (χ1v) is 8.04. The fourth-order valence-corrected chi connectivity index (χ4v) is 3.44. The van der Waals surface area contributed by atoms with E-state index in [2.05, 4.69) is 10.6 Å². The molecule has 3 nitrogen and oxygen atoms in total. The van der Waals surface area contributed by atoms with Crippen LogP contribution in [0.25, 0.3) is 0 Å². The molecule has 2 rings (SSSR count). The Kier molecular flexibility index (Phi) is 5.90. The summed E-state index contributed by atoms with van der Waals surface area (Å²) in [6, 6.07) is 0.0600. The molecule has 1 amide bonds. The van der Waals surface area contributed by atoms with Crippen molar-refractivity contribution < 1.29 is 18.0 Å². The van der Waals surface area contributed by atoms with E-state index in [0.717, 1.165) is 32.1 Å². The molecule has 2 aliphatic rings. The number of carbonyl (C=O) groups excluding carboxylic acids is 1. The van der Waals surface area contributed by atoms with Gasteiger partial charge < -0.3 is 10.6 Å². The predicted molar refractivity (Wildman–Crippen MR) is 74.8 cm³/mol. The molecular formula is C15H25F3N2O. The second kappa shape index (κ2) is 7.47. The van der Waals surface area contributed by atoms with Crippen LogP contribution >= 0.6 is 0 Å². The largest absolute Gasteiger partial charge is 0.391 e. The van der Waals surface area contributed by atoms with E-state index in [1.165, 1.54) is 6.42 Å². The van der Waals surface area contributed by atoms with Gasteiger partial charge in [0, 0.05) is 12.1 Å². The van der Waals surface area contributed by atoms with Crippen molar-refractivity contribution in [1.82, 2.24) is 10.6 Å². The number of halogens is 3. The van der Waals surface area contributed by atoms with Crippen molar-refractivity contribution >= 4 is 5.91 Å². The van der Waals surface area contributed by atoms with Gasteiger partial charge in [0.25, 0.3) is 0 Å². The van der Waals surface area contributed by atoms with Gasteiger partial charge in [0.2, 0.25) is 5.91 Å². The Morgan fingerprint density at radius 1 is 0.952 bits per heavy atom. The zero-order valence-electron chi connectivity index (χ0n) is 12.3. The van der Waals surface area contributed by atoms with Gasteiger partial charge in [-0.25, -0.2) is 0 Å². The smallest absolute Gasteiger partial charge is 0.352 e. The zero-order valence-corrected chi connectivity index (χ0v) is 12.3. The van der Waals surface area contributed by atoms with Gasteiger partial charge in [-0.3, -0.25) is 4.79 Å². The van der Waals surface area contributed by atoms with Crippen LogP contribution in [0.1, 0.15) is 57.8 Å². The maximum absolute atomic E-state index is 12.7. The molecule has 2 N–H and O–H groups in total. The molecule has 0 aromatic heterocycles. The second-order valence-electron chi connectivity index (χ2n) is 6.39. The van der Waals surface area contributed by atoms with Gasteiger partial charge in [0.1, 0.15) is 0 Å². The van der Waals surface area contributed by atoms with E-state index < -0.39 is 12.1 Å². The quantitative estimate of drug-likeness (QED) is 0.838. The molecule has 2 fully saturated rings. The highest BCUT2D eigenvalue weighted by Gasteiger charge is 2.42. The molecule has 122 valence electrons. The van der Waals surface area contributed by atoms with Crippen LogP contribution in [-0.4, -0.2) is 30.7 Å². The molecule has 0 heterocycles. The minimum Gasteiger partial charge on any atom is -0.352 e. The molecule has 6 heteroatoms. The lowest BCUT2D eigenvalue weighted by Gasteiger charge is -2.31. The third-order valence-electron chi connectivity index (χ3n) is 4.66. The fraction of sp³-hybridized carbons (Fsp3) is 0.933. The third-order valence-corrected chi connectivity index (χ3v) is 4.66. The summed E-state index contributed by atoms with van der Waals surface area (Å²) in [4.78, 5) is 11.8. The van der Waals surface area contributed by atoms with Crippen LogP contribution < -0.4 is 10.6 Å². The standard InChI is InChI=1S/C15H25F3N2O/c16-15(17,18)11-5-4-8-13(9-11)19-10-14(21)20-12-6-2-1-3-7-12/h11-13,19H,1-10H2,(H,20,21). The third kappa shape index (κ3) is 5.49.